The summed E-state index contributed by atoms with van der Waals surface area (Å²) in [5.41, 5.74) is 2.49. The first-order valence-corrected chi connectivity index (χ1v) is 11.9. The summed E-state index contributed by atoms with van der Waals surface area (Å²) in [6.07, 6.45) is 0. The van der Waals surface area contributed by atoms with E-state index in [1.807, 2.05) is 70.1 Å². The fourth-order valence-electron chi connectivity index (χ4n) is 3.89. The molecule has 172 valence electrons. The first-order valence-electron chi connectivity index (χ1n) is 11.1. The van der Waals surface area contributed by atoms with Crippen molar-refractivity contribution in [3.63, 3.8) is 0 Å². The zero-order valence-electron chi connectivity index (χ0n) is 18.4. The molecule has 1 amide bonds. The molecular formula is C26H23FN4O2S. The normalized spacial score (nSPS) is 14.7. The highest BCUT2D eigenvalue weighted by Gasteiger charge is 2.30. The Hall–Kier alpha value is -3.49. The molecule has 8 heteroatoms. The van der Waals surface area contributed by atoms with Gasteiger partial charge < -0.3 is 9.64 Å². The number of amides is 1. The number of morpholine rings is 1. The number of thioether (sulfide) groups is 1. The van der Waals surface area contributed by atoms with Crippen molar-refractivity contribution in [3.8, 4) is 17.1 Å². The molecule has 2 heterocycles. The second-order valence-corrected chi connectivity index (χ2v) is 8.90. The van der Waals surface area contributed by atoms with Crippen LogP contribution in [0.5, 0.6) is 0 Å². The van der Waals surface area contributed by atoms with E-state index in [1.165, 1.54) is 23.9 Å². The van der Waals surface area contributed by atoms with Crippen molar-refractivity contribution in [3.05, 3.63) is 96.3 Å². The molecule has 1 atom stereocenters. The van der Waals surface area contributed by atoms with Crippen LogP contribution in [0.4, 0.5) is 4.39 Å². The lowest BCUT2D eigenvalue weighted by molar-refractivity contribution is -0.134. The molecule has 1 aliphatic rings. The van der Waals surface area contributed by atoms with Crippen LogP contribution in [0.15, 0.2) is 90.1 Å². The lowest BCUT2D eigenvalue weighted by Crippen LogP contribution is -2.42. The highest BCUT2D eigenvalue weighted by Crippen LogP contribution is 2.38. The van der Waals surface area contributed by atoms with Gasteiger partial charge in [-0.2, -0.15) is 0 Å². The van der Waals surface area contributed by atoms with E-state index < -0.39 is 5.25 Å². The number of aromatic nitrogens is 3. The van der Waals surface area contributed by atoms with Gasteiger partial charge in [-0.25, -0.2) is 4.39 Å². The monoisotopic (exact) mass is 474 g/mol. The van der Waals surface area contributed by atoms with E-state index in [-0.39, 0.29) is 11.7 Å². The van der Waals surface area contributed by atoms with Crippen LogP contribution in [-0.4, -0.2) is 51.9 Å². The Labute approximate surface area is 201 Å². The maximum absolute atomic E-state index is 13.7. The van der Waals surface area contributed by atoms with Crippen LogP contribution in [0.1, 0.15) is 10.8 Å². The van der Waals surface area contributed by atoms with Gasteiger partial charge in [-0.15, -0.1) is 10.2 Å². The number of benzene rings is 3. The number of halogens is 1. The Balaban J connectivity index is 1.57. The molecule has 6 nitrogen and oxygen atoms in total. The zero-order chi connectivity index (χ0) is 23.3. The van der Waals surface area contributed by atoms with Crippen LogP contribution in [0.25, 0.3) is 17.1 Å². The summed E-state index contributed by atoms with van der Waals surface area (Å²) in [5.74, 6) is 0.312. The van der Waals surface area contributed by atoms with E-state index >= 15 is 0 Å². The zero-order valence-corrected chi connectivity index (χ0v) is 19.2. The van der Waals surface area contributed by atoms with Crippen molar-refractivity contribution in [2.75, 3.05) is 26.3 Å². The quantitative estimate of drug-likeness (QED) is 0.377. The summed E-state index contributed by atoms with van der Waals surface area (Å²) < 4.78 is 21.0. The average Bonchev–Trinajstić information content (AvgIpc) is 3.32. The van der Waals surface area contributed by atoms with Gasteiger partial charge >= 0.3 is 0 Å². The van der Waals surface area contributed by atoms with E-state index in [1.54, 1.807) is 12.1 Å². The van der Waals surface area contributed by atoms with Crippen LogP contribution < -0.4 is 0 Å². The second-order valence-electron chi connectivity index (χ2n) is 7.83. The van der Waals surface area contributed by atoms with E-state index in [9.17, 15) is 9.18 Å². The predicted molar refractivity (Wildman–Crippen MR) is 129 cm³/mol. The van der Waals surface area contributed by atoms with Gasteiger partial charge in [0.25, 0.3) is 0 Å². The van der Waals surface area contributed by atoms with Gasteiger partial charge in [-0.05, 0) is 29.8 Å². The molecule has 1 aromatic heterocycles. The van der Waals surface area contributed by atoms with E-state index in [4.69, 9.17) is 4.74 Å². The van der Waals surface area contributed by atoms with Crippen molar-refractivity contribution in [2.24, 2.45) is 0 Å². The van der Waals surface area contributed by atoms with Gasteiger partial charge in [-0.1, -0.05) is 72.4 Å². The number of rotatable bonds is 6. The molecule has 0 saturated carbocycles. The van der Waals surface area contributed by atoms with Gasteiger partial charge in [0.05, 0.1) is 13.2 Å². The summed E-state index contributed by atoms with van der Waals surface area (Å²) in [6, 6.07) is 25.6. The smallest absolute Gasteiger partial charge is 0.240 e. The lowest BCUT2D eigenvalue weighted by atomic mass is 10.1. The lowest BCUT2D eigenvalue weighted by Gasteiger charge is -2.30. The Kier molecular flexibility index (Phi) is 6.69. The SMILES string of the molecule is O=C([C@H](Sc1nnc(-c2ccccc2)n1-c1ccc(F)cc1)c1ccccc1)N1CCOCC1. The fourth-order valence-corrected chi connectivity index (χ4v) is 5.03. The Morgan fingerprint density at radius 3 is 2.21 bits per heavy atom. The third-order valence-corrected chi connectivity index (χ3v) is 6.81. The van der Waals surface area contributed by atoms with Gasteiger partial charge in [-0.3, -0.25) is 9.36 Å². The van der Waals surface area contributed by atoms with Crippen molar-refractivity contribution >= 4 is 17.7 Å². The minimum absolute atomic E-state index is 0.00872. The first-order chi connectivity index (χ1) is 16.7. The van der Waals surface area contributed by atoms with Crippen molar-refractivity contribution < 1.29 is 13.9 Å². The number of carbonyl (C=O) groups excluding carboxylic acids is 1. The molecule has 0 aliphatic carbocycles. The molecule has 1 aliphatic heterocycles. The molecule has 34 heavy (non-hydrogen) atoms. The summed E-state index contributed by atoms with van der Waals surface area (Å²) in [4.78, 5) is 15.5. The van der Waals surface area contributed by atoms with Crippen LogP contribution in [0.3, 0.4) is 0 Å². The number of nitrogens with zero attached hydrogens (tertiary/aromatic N) is 4. The fraction of sp³-hybridized carbons (Fsp3) is 0.192. The van der Waals surface area contributed by atoms with E-state index in [0.717, 1.165) is 16.8 Å². The third-order valence-electron chi connectivity index (χ3n) is 5.62. The molecule has 0 radical (unpaired) electrons. The summed E-state index contributed by atoms with van der Waals surface area (Å²) in [7, 11) is 0. The standard InChI is InChI=1S/C26H23FN4O2S/c27-21-11-13-22(14-12-21)31-24(20-9-5-2-6-10-20)28-29-26(31)34-23(19-7-3-1-4-8-19)25(32)30-15-17-33-18-16-30/h1-14,23H,15-18H2/t23-/m1/s1. The van der Waals surface area contributed by atoms with Gasteiger partial charge in [0.2, 0.25) is 5.91 Å². The molecule has 3 aromatic carbocycles. The van der Waals surface area contributed by atoms with Crippen molar-refractivity contribution in [1.82, 2.24) is 19.7 Å². The maximum Gasteiger partial charge on any atom is 0.240 e. The highest BCUT2D eigenvalue weighted by atomic mass is 32.2. The summed E-state index contributed by atoms with van der Waals surface area (Å²) in [5, 5.41) is 8.98. The van der Waals surface area contributed by atoms with Gasteiger partial charge in [0, 0.05) is 24.3 Å². The highest BCUT2D eigenvalue weighted by molar-refractivity contribution is 8.00. The van der Waals surface area contributed by atoms with Crippen LogP contribution in [0, 0.1) is 5.82 Å². The third kappa shape index (κ3) is 4.73. The van der Waals surface area contributed by atoms with Crippen molar-refractivity contribution in [2.45, 2.75) is 10.4 Å². The first kappa shape index (κ1) is 22.3. The molecule has 0 bridgehead atoms. The average molecular weight is 475 g/mol. The number of hydrogen-bond acceptors (Lipinski definition) is 5. The van der Waals surface area contributed by atoms with E-state index in [0.29, 0.717) is 37.3 Å². The van der Waals surface area contributed by atoms with Crippen LogP contribution >= 0.6 is 11.8 Å². The summed E-state index contributed by atoms with van der Waals surface area (Å²) in [6.45, 7) is 2.18. The van der Waals surface area contributed by atoms with Gasteiger partial charge in [0.1, 0.15) is 11.1 Å². The molecule has 5 rings (SSSR count). The molecule has 4 aromatic rings. The second kappa shape index (κ2) is 10.2. The number of ether oxygens (including phenoxy) is 1. The number of hydrogen-bond donors (Lipinski definition) is 0. The minimum Gasteiger partial charge on any atom is -0.378 e. The summed E-state index contributed by atoms with van der Waals surface area (Å²) >= 11 is 1.35. The number of carbonyl (C=O) groups is 1. The molecule has 0 spiro atoms. The van der Waals surface area contributed by atoms with E-state index in [2.05, 4.69) is 10.2 Å². The largest absolute Gasteiger partial charge is 0.378 e. The Bertz CT molecular complexity index is 1240. The topological polar surface area (TPSA) is 60.2 Å². The van der Waals surface area contributed by atoms with Gasteiger partial charge in [0.15, 0.2) is 11.0 Å². The Morgan fingerprint density at radius 2 is 1.53 bits per heavy atom. The predicted octanol–water partition coefficient (Wildman–Crippen LogP) is 4.77. The maximum atomic E-state index is 13.7. The molecule has 0 unspecified atom stereocenters. The molecule has 0 N–H and O–H groups in total. The van der Waals surface area contributed by atoms with Crippen molar-refractivity contribution in [1.29, 1.82) is 0 Å². The Morgan fingerprint density at radius 1 is 0.882 bits per heavy atom. The van der Waals surface area contributed by atoms with Crippen LogP contribution in [-0.2, 0) is 9.53 Å². The molecule has 1 saturated heterocycles. The molecule has 1 fully saturated rings. The molecular weight excluding hydrogens is 451 g/mol. The minimum atomic E-state index is -0.508. The van der Waals surface area contributed by atoms with Crippen LogP contribution in [0.2, 0.25) is 0 Å².